The molecule has 96 valence electrons. The van der Waals surface area contributed by atoms with Crippen LogP contribution in [0, 0.1) is 13.8 Å². The average molecular weight is 236 g/mol. The molecule has 0 aliphatic carbocycles. The lowest BCUT2D eigenvalue weighted by molar-refractivity contribution is 0.408. The van der Waals surface area contributed by atoms with E-state index in [1.165, 1.54) is 16.7 Å². The van der Waals surface area contributed by atoms with Crippen molar-refractivity contribution < 1.29 is 4.74 Å². The lowest BCUT2D eigenvalue weighted by Gasteiger charge is -2.19. The Labute approximate surface area is 105 Å². The molecule has 0 amide bonds. The molecule has 1 unspecified atom stereocenters. The van der Waals surface area contributed by atoms with E-state index < -0.39 is 0 Å². The van der Waals surface area contributed by atoms with Crippen LogP contribution in [0.4, 0.5) is 0 Å². The van der Waals surface area contributed by atoms with E-state index in [4.69, 9.17) is 4.74 Å². The number of methoxy groups -OCH3 is 1. The van der Waals surface area contributed by atoms with Crippen molar-refractivity contribution >= 4 is 0 Å². The molecule has 1 aromatic carbocycles. The number of ether oxygens (including phenoxy) is 1. The molecule has 0 bridgehead atoms. The van der Waals surface area contributed by atoms with Crippen LogP contribution in [0.5, 0.6) is 5.75 Å². The van der Waals surface area contributed by atoms with E-state index >= 15 is 0 Å². The van der Waals surface area contributed by atoms with Crippen LogP contribution in [0.25, 0.3) is 0 Å². The molecule has 0 aliphatic heterocycles. The molecule has 0 spiro atoms. The smallest absolute Gasteiger partial charge is 0.124 e. The topological polar surface area (TPSA) is 33.3 Å². The fourth-order valence-corrected chi connectivity index (χ4v) is 2.27. The molecule has 1 rings (SSSR count). The third-order valence-corrected chi connectivity index (χ3v) is 3.12. The van der Waals surface area contributed by atoms with Crippen molar-refractivity contribution in [2.75, 3.05) is 27.7 Å². The van der Waals surface area contributed by atoms with E-state index in [0.717, 1.165) is 18.7 Å². The van der Waals surface area contributed by atoms with Crippen LogP contribution in [-0.4, -0.2) is 27.7 Å². The fourth-order valence-electron chi connectivity index (χ4n) is 2.27. The molecular formula is C14H24N2O. The quantitative estimate of drug-likeness (QED) is 0.794. The summed E-state index contributed by atoms with van der Waals surface area (Å²) in [5.74, 6) is 0.997. The zero-order valence-corrected chi connectivity index (χ0v) is 11.6. The third-order valence-electron chi connectivity index (χ3n) is 3.12. The highest BCUT2D eigenvalue weighted by atomic mass is 16.5. The summed E-state index contributed by atoms with van der Waals surface area (Å²) in [6.45, 7) is 5.20. The van der Waals surface area contributed by atoms with Gasteiger partial charge in [-0.2, -0.15) is 0 Å². The molecule has 0 aliphatic rings. The third kappa shape index (κ3) is 3.45. The van der Waals surface area contributed by atoms with Gasteiger partial charge in [0.2, 0.25) is 0 Å². The van der Waals surface area contributed by atoms with Crippen LogP contribution in [0.3, 0.4) is 0 Å². The molecule has 0 aromatic heterocycles. The van der Waals surface area contributed by atoms with Crippen LogP contribution in [-0.2, 0) is 0 Å². The first-order valence-electron chi connectivity index (χ1n) is 6.11. The first kappa shape index (κ1) is 14.0. The normalized spacial score (nSPS) is 12.5. The zero-order valence-electron chi connectivity index (χ0n) is 11.6. The van der Waals surface area contributed by atoms with Gasteiger partial charge in [-0.25, -0.2) is 0 Å². The van der Waals surface area contributed by atoms with Crippen LogP contribution in [0.2, 0.25) is 0 Å². The Kier molecular flexibility index (Phi) is 5.45. The second-order valence-electron chi connectivity index (χ2n) is 4.42. The predicted molar refractivity (Wildman–Crippen MR) is 72.8 cm³/mol. The summed E-state index contributed by atoms with van der Waals surface area (Å²) in [6, 6.07) is 4.82. The molecule has 0 radical (unpaired) electrons. The van der Waals surface area contributed by atoms with Crippen LogP contribution >= 0.6 is 0 Å². The maximum absolute atomic E-state index is 5.39. The highest BCUT2D eigenvalue weighted by Gasteiger charge is 2.12. The van der Waals surface area contributed by atoms with Crippen molar-refractivity contribution in [2.24, 2.45) is 0 Å². The van der Waals surface area contributed by atoms with Crippen molar-refractivity contribution in [3.8, 4) is 5.75 Å². The molecule has 3 heteroatoms. The van der Waals surface area contributed by atoms with Gasteiger partial charge in [0.15, 0.2) is 0 Å². The fraction of sp³-hybridized carbons (Fsp3) is 0.571. The second kappa shape index (κ2) is 6.62. The van der Waals surface area contributed by atoms with E-state index in [9.17, 15) is 0 Å². The first-order chi connectivity index (χ1) is 8.13. The Morgan fingerprint density at radius 3 is 2.18 bits per heavy atom. The molecule has 17 heavy (non-hydrogen) atoms. The summed E-state index contributed by atoms with van der Waals surface area (Å²) in [5, 5.41) is 6.55. The van der Waals surface area contributed by atoms with Gasteiger partial charge in [0.25, 0.3) is 0 Å². The first-order valence-corrected chi connectivity index (χ1v) is 6.11. The van der Waals surface area contributed by atoms with Gasteiger partial charge in [0.1, 0.15) is 5.75 Å². The minimum absolute atomic E-state index is 0.394. The number of aryl methyl sites for hydroxylation is 2. The van der Waals surface area contributed by atoms with Crippen molar-refractivity contribution in [3.05, 3.63) is 28.8 Å². The van der Waals surface area contributed by atoms with Crippen molar-refractivity contribution in [3.63, 3.8) is 0 Å². The maximum atomic E-state index is 5.39. The Morgan fingerprint density at radius 1 is 1.18 bits per heavy atom. The minimum atomic E-state index is 0.394. The van der Waals surface area contributed by atoms with Crippen molar-refractivity contribution in [2.45, 2.75) is 26.3 Å². The van der Waals surface area contributed by atoms with Crippen molar-refractivity contribution in [1.29, 1.82) is 0 Å². The summed E-state index contributed by atoms with van der Waals surface area (Å²) in [6.07, 6.45) is 1.08. The summed E-state index contributed by atoms with van der Waals surface area (Å²) < 4.78 is 5.39. The molecular weight excluding hydrogens is 212 g/mol. The second-order valence-corrected chi connectivity index (χ2v) is 4.42. The van der Waals surface area contributed by atoms with E-state index in [0.29, 0.717) is 6.04 Å². The molecule has 3 nitrogen and oxygen atoms in total. The molecule has 0 saturated carbocycles. The van der Waals surface area contributed by atoms with Gasteiger partial charge in [-0.1, -0.05) is 12.1 Å². The van der Waals surface area contributed by atoms with Crippen LogP contribution in [0.1, 0.15) is 29.2 Å². The number of hydrogen-bond donors (Lipinski definition) is 2. The summed E-state index contributed by atoms with van der Waals surface area (Å²) in [4.78, 5) is 0. The van der Waals surface area contributed by atoms with Crippen molar-refractivity contribution in [1.82, 2.24) is 10.6 Å². The predicted octanol–water partition coefficient (Wildman–Crippen LogP) is 2.18. The van der Waals surface area contributed by atoms with Gasteiger partial charge < -0.3 is 15.4 Å². The number of benzene rings is 1. The lowest BCUT2D eigenvalue weighted by atomic mass is 9.98. The molecule has 0 saturated heterocycles. The van der Waals surface area contributed by atoms with E-state index in [1.54, 1.807) is 7.11 Å². The Morgan fingerprint density at radius 2 is 1.76 bits per heavy atom. The molecule has 1 aromatic rings. The Balaban J connectivity index is 2.96. The zero-order chi connectivity index (χ0) is 12.8. The van der Waals surface area contributed by atoms with Gasteiger partial charge in [0, 0.05) is 6.04 Å². The summed E-state index contributed by atoms with van der Waals surface area (Å²) >= 11 is 0. The molecule has 2 N–H and O–H groups in total. The minimum Gasteiger partial charge on any atom is -0.496 e. The van der Waals surface area contributed by atoms with E-state index in [1.807, 2.05) is 14.1 Å². The van der Waals surface area contributed by atoms with Gasteiger partial charge in [-0.05, 0) is 57.6 Å². The van der Waals surface area contributed by atoms with Crippen LogP contribution in [0.15, 0.2) is 12.1 Å². The van der Waals surface area contributed by atoms with Gasteiger partial charge >= 0.3 is 0 Å². The Hall–Kier alpha value is -1.06. The van der Waals surface area contributed by atoms with Gasteiger partial charge in [0.05, 0.1) is 7.11 Å². The lowest BCUT2D eigenvalue weighted by Crippen LogP contribution is -2.21. The standard InChI is InChI=1S/C14H24N2O/c1-10-8-12(9-11(2)14(10)17-5)13(16-4)6-7-15-3/h8-9,13,15-16H,6-7H2,1-5H3. The maximum Gasteiger partial charge on any atom is 0.124 e. The number of hydrogen-bond acceptors (Lipinski definition) is 3. The monoisotopic (exact) mass is 236 g/mol. The van der Waals surface area contributed by atoms with E-state index in [-0.39, 0.29) is 0 Å². The molecule has 0 heterocycles. The number of rotatable bonds is 6. The molecule has 0 fully saturated rings. The SMILES string of the molecule is CNCCC(NC)c1cc(C)c(OC)c(C)c1. The van der Waals surface area contributed by atoms with Gasteiger partial charge in [-0.3, -0.25) is 0 Å². The largest absolute Gasteiger partial charge is 0.496 e. The molecule has 1 atom stereocenters. The highest BCUT2D eigenvalue weighted by molar-refractivity contribution is 5.44. The summed E-state index contributed by atoms with van der Waals surface area (Å²) in [5.41, 5.74) is 3.73. The average Bonchev–Trinajstić information content (AvgIpc) is 2.30. The summed E-state index contributed by atoms with van der Waals surface area (Å²) in [7, 11) is 5.72. The van der Waals surface area contributed by atoms with E-state index in [2.05, 4.69) is 36.6 Å². The Bertz CT molecular complexity index is 340. The number of nitrogens with one attached hydrogen (secondary N) is 2. The van der Waals surface area contributed by atoms with Crippen LogP contribution < -0.4 is 15.4 Å². The van der Waals surface area contributed by atoms with Gasteiger partial charge in [-0.15, -0.1) is 0 Å². The highest BCUT2D eigenvalue weighted by Crippen LogP contribution is 2.28.